The fourth-order valence-corrected chi connectivity index (χ4v) is 4.68. The first-order chi connectivity index (χ1) is 11.1. The topological polar surface area (TPSA) is 57.6 Å². The Hall–Kier alpha value is -1.34. The Balaban J connectivity index is 1.62. The summed E-state index contributed by atoms with van der Waals surface area (Å²) in [6.45, 7) is 8.03. The molecule has 2 aliphatic rings. The number of carbonyl (C=O) groups is 1. The fraction of sp³-hybridized carbons (Fsp3) is 0.562. The first-order valence-electron chi connectivity index (χ1n) is 7.99. The number of fused-ring (bicyclic) bond motifs is 1. The Morgan fingerprint density at radius 3 is 3.00 bits per heavy atom. The van der Waals surface area contributed by atoms with Gasteiger partial charge in [-0.1, -0.05) is 18.7 Å². The quantitative estimate of drug-likeness (QED) is 0.884. The lowest BCUT2D eigenvalue weighted by molar-refractivity contribution is -0.121. The molecule has 0 fully saturated rings. The number of hydrogen-bond acceptors (Lipinski definition) is 6. The average Bonchev–Trinajstić information content (AvgIpc) is 3.09. The molecule has 3 heterocycles. The molecular formula is C16H22N4OS2. The van der Waals surface area contributed by atoms with Crippen LogP contribution in [0.4, 0.5) is 0 Å². The second-order valence-electron chi connectivity index (χ2n) is 5.80. The third kappa shape index (κ3) is 3.61. The van der Waals surface area contributed by atoms with Crippen LogP contribution in [0.3, 0.4) is 0 Å². The van der Waals surface area contributed by atoms with Gasteiger partial charge in [-0.25, -0.2) is 4.98 Å². The van der Waals surface area contributed by atoms with Crippen molar-refractivity contribution in [3.63, 3.8) is 0 Å². The number of aliphatic imine (C=N–C) groups is 1. The molecule has 3 rings (SSSR count). The van der Waals surface area contributed by atoms with E-state index in [9.17, 15) is 4.79 Å². The van der Waals surface area contributed by atoms with Crippen LogP contribution in [0.25, 0.3) is 0 Å². The zero-order chi connectivity index (χ0) is 16.4. The fourth-order valence-electron chi connectivity index (χ4n) is 2.67. The second-order valence-corrected chi connectivity index (χ2v) is 7.87. The lowest BCUT2D eigenvalue weighted by Crippen LogP contribution is -2.34. The molecule has 1 amide bonds. The highest BCUT2D eigenvalue weighted by molar-refractivity contribution is 8.16. The van der Waals surface area contributed by atoms with Gasteiger partial charge in [-0.05, 0) is 32.1 Å². The van der Waals surface area contributed by atoms with E-state index in [0.29, 0.717) is 6.42 Å². The zero-order valence-corrected chi connectivity index (χ0v) is 15.4. The van der Waals surface area contributed by atoms with Crippen LogP contribution in [0.5, 0.6) is 0 Å². The Morgan fingerprint density at radius 1 is 1.48 bits per heavy atom. The normalized spacial score (nSPS) is 18.3. The summed E-state index contributed by atoms with van der Waals surface area (Å²) in [5, 5.41) is 7.24. The van der Waals surface area contributed by atoms with E-state index in [-0.39, 0.29) is 11.9 Å². The minimum absolute atomic E-state index is 0.00375. The van der Waals surface area contributed by atoms with Crippen molar-refractivity contribution in [3.8, 4) is 0 Å². The molecule has 1 aromatic rings. The van der Waals surface area contributed by atoms with Crippen molar-refractivity contribution in [1.82, 2.24) is 15.2 Å². The summed E-state index contributed by atoms with van der Waals surface area (Å²) in [4.78, 5) is 24.9. The molecule has 0 bridgehead atoms. The molecule has 1 aromatic heterocycles. The number of amidine groups is 1. The van der Waals surface area contributed by atoms with Gasteiger partial charge in [0.05, 0.1) is 18.2 Å². The van der Waals surface area contributed by atoms with Gasteiger partial charge in [-0.15, -0.1) is 11.3 Å². The number of amides is 1. The van der Waals surface area contributed by atoms with Crippen molar-refractivity contribution < 1.29 is 4.79 Å². The summed E-state index contributed by atoms with van der Waals surface area (Å²) in [5.41, 5.74) is 2.12. The van der Waals surface area contributed by atoms with Crippen LogP contribution in [0.2, 0.25) is 0 Å². The van der Waals surface area contributed by atoms with Crippen molar-refractivity contribution in [2.45, 2.75) is 46.1 Å². The van der Waals surface area contributed by atoms with Gasteiger partial charge < -0.3 is 10.2 Å². The standard InChI is InChI=1S/C16H22N4OS2/c1-4-13(15-18-10(2)11(3)23-15)19-14(21)8-12-9-22-16-17-6-5-7-20(12)16/h9,13H,4-8H2,1-3H3,(H,19,21)/t13-/m1/s1. The molecular weight excluding hydrogens is 328 g/mol. The van der Waals surface area contributed by atoms with E-state index >= 15 is 0 Å². The molecule has 1 atom stereocenters. The number of thioether (sulfide) groups is 1. The van der Waals surface area contributed by atoms with E-state index in [4.69, 9.17) is 0 Å². The SMILES string of the molecule is CC[C@@H](NC(=O)CC1=CSC2=NCCCN12)c1nc(C)c(C)s1. The third-order valence-corrected chi connectivity index (χ3v) is 6.23. The molecule has 0 saturated heterocycles. The predicted octanol–water partition coefficient (Wildman–Crippen LogP) is 3.37. The minimum Gasteiger partial charge on any atom is -0.347 e. The molecule has 0 saturated carbocycles. The predicted molar refractivity (Wildman–Crippen MR) is 96.7 cm³/mol. The molecule has 23 heavy (non-hydrogen) atoms. The highest BCUT2D eigenvalue weighted by atomic mass is 32.2. The molecule has 1 N–H and O–H groups in total. The van der Waals surface area contributed by atoms with Crippen LogP contribution in [0.15, 0.2) is 16.1 Å². The van der Waals surface area contributed by atoms with Crippen LogP contribution < -0.4 is 5.32 Å². The number of thiazole rings is 1. The van der Waals surface area contributed by atoms with Crippen molar-refractivity contribution in [2.75, 3.05) is 13.1 Å². The molecule has 0 unspecified atom stereocenters. The molecule has 0 spiro atoms. The minimum atomic E-state index is 0.00375. The highest BCUT2D eigenvalue weighted by Gasteiger charge is 2.27. The second kappa shape index (κ2) is 7.05. The van der Waals surface area contributed by atoms with Gasteiger partial charge in [0.2, 0.25) is 5.91 Å². The number of hydrogen-bond donors (Lipinski definition) is 1. The molecule has 2 aliphatic heterocycles. The Kier molecular flexibility index (Phi) is 5.06. The van der Waals surface area contributed by atoms with Gasteiger partial charge >= 0.3 is 0 Å². The summed E-state index contributed by atoms with van der Waals surface area (Å²) in [6.07, 6.45) is 2.31. The number of aromatic nitrogens is 1. The van der Waals surface area contributed by atoms with Crippen molar-refractivity contribution >= 4 is 34.2 Å². The lowest BCUT2D eigenvalue weighted by Gasteiger charge is -2.25. The van der Waals surface area contributed by atoms with E-state index < -0.39 is 0 Å². The van der Waals surface area contributed by atoms with Crippen molar-refractivity contribution in [3.05, 3.63) is 26.7 Å². The van der Waals surface area contributed by atoms with Crippen LogP contribution in [0, 0.1) is 13.8 Å². The molecule has 5 nitrogen and oxygen atoms in total. The summed E-state index contributed by atoms with van der Waals surface area (Å²) >= 11 is 3.30. The number of aryl methyl sites for hydroxylation is 2. The number of carbonyl (C=O) groups excluding carboxylic acids is 1. The average molecular weight is 351 g/mol. The van der Waals surface area contributed by atoms with Crippen LogP contribution in [-0.4, -0.2) is 34.0 Å². The molecule has 0 aromatic carbocycles. The maximum atomic E-state index is 12.5. The van der Waals surface area contributed by atoms with Crippen LogP contribution in [0.1, 0.15) is 47.8 Å². The first-order valence-corrected chi connectivity index (χ1v) is 9.69. The van der Waals surface area contributed by atoms with E-state index in [0.717, 1.165) is 47.5 Å². The van der Waals surface area contributed by atoms with E-state index in [1.807, 2.05) is 6.92 Å². The summed E-state index contributed by atoms with van der Waals surface area (Å²) in [7, 11) is 0. The van der Waals surface area contributed by atoms with Gasteiger partial charge in [-0.2, -0.15) is 0 Å². The number of nitrogens with one attached hydrogen (secondary N) is 1. The summed E-state index contributed by atoms with van der Waals surface area (Å²) < 4.78 is 0. The van der Waals surface area contributed by atoms with Gasteiger partial charge in [-0.3, -0.25) is 9.79 Å². The van der Waals surface area contributed by atoms with Gasteiger partial charge in [0, 0.05) is 23.7 Å². The lowest BCUT2D eigenvalue weighted by atomic mass is 10.2. The van der Waals surface area contributed by atoms with Crippen molar-refractivity contribution in [1.29, 1.82) is 0 Å². The Bertz CT molecular complexity index is 646. The first kappa shape index (κ1) is 16.5. The Morgan fingerprint density at radius 2 is 2.30 bits per heavy atom. The molecule has 124 valence electrons. The molecule has 0 radical (unpaired) electrons. The van der Waals surface area contributed by atoms with Crippen molar-refractivity contribution in [2.24, 2.45) is 4.99 Å². The summed E-state index contributed by atoms with van der Waals surface area (Å²) in [6, 6.07) is 0.00375. The monoisotopic (exact) mass is 350 g/mol. The Labute approximate surface area is 145 Å². The largest absolute Gasteiger partial charge is 0.347 e. The van der Waals surface area contributed by atoms with Gasteiger partial charge in [0.25, 0.3) is 0 Å². The van der Waals surface area contributed by atoms with Gasteiger partial charge in [0.1, 0.15) is 5.01 Å². The maximum Gasteiger partial charge on any atom is 0.226 e. The van der Waals surface area contributed by atoms with Crippen LogP contribution >= 0.6 is 23.1 Å². The smallest absolute Gasteiger partial charge is 0.226 e. The number of rotatable bonds is 5. The van der Waals surface area contributed by atoms with E-state index in [2.05, 4.69) is 39.4 Å². The third-order valence-electron chi connectivity index (χ3n) is 4.09. The summed E-state index contributed by atoms with van der Waals surface area (Å²) in [5.74, 6) is 0.0565. The molecule has 7 heteroatoms. The maximum absolute atomic E-state index is 12.5. The highest BCUT2D eigenvalue weighted by Crippen LogP contribution is 2.31. The van der Waals surface area contributed by atoms with Gasteiger partial charge in [0.15, 0.2) is 5.17 Å². The van der Waals surface area contributed by atoms with E-state index in [1.54, 1.807) is 23.1 Å². The molecule has 0 aliphatic carbocycles. The van der Waals surface area contributed by atoms with Crippen LogP contribution in [-0.2, 0) is 4.79 Å². The number of nitrogens with zero attached hydrogens (tertiary/aromatic N) is 3. The van der Waals surface area contributed by atoms with E-state index in [1.165, 1.54) is 4.88 Å². The zero-order valence-electron chi connectivity index (χ0n) is 13.8.